The highest BCUT2D eigenvalue weighted by atomic mass is 79.9. The van der Waals surface area contributed by atoms with E-state index in [1.54, 1.807) is 5.32 Å². The van der Waals surface area contributed by atoms with E-state index in [1.165, 1.54) is 6.07 Å². The van der Waals surface area contributed by atoms with Gasteiger partial charge in [0.25, 0.3) is 11.8 Å². The second kappa shape index (κ2) is 11.3. The fourth-order valence-electron chi connectivity index (χ4n) is 3.60. The van der Waals surface area contributed by atoms with Gasteiger partial charge >= 0.3 is 30.1 Å². The molecule has 1 unspecified atom stereocenters. The molecule has 4 nitrogen and oxygen atoms in total. The van der Waals surface area contributed by atoms with Crippen LogP contribution in [-0.2, 0) is 11.8 Å². The molecule has 0 spiro atoms. The highest BCUT2D eigenvalue weighted by Crippen LogP contribution is 2.59. The van der Waals surface area contributed by atoms with Gasteiger partial charge in [0.05, 0.1) is 11.3 Å². The topological polar surface area (TPSA) is 58.2 Å². The summed E-state index contributed by atoms with van der Waals surface area (Å²) in [4.78, 5) is 25.1. The number of anilines is 2. The fraction of sp³-hybridized carbons (Fsp3) is 0.200. The lowest BCUT2D eigenvalue weighted by Crippen LogP contribution is -2.59. The van der Waals surface area contributed by atoms with Crippen molar-refractivity contribution in [3.8, 4) is 0 Å². The first-order valence-electron chi connectivity index (χ1n) is 11.1. The minimum Gasteiger partial charge on any atom is -0.322 e. The van der Waals surface area contributed by atoms with E-state index < -0.39 is 86.7 Å². The van der Waals surface area contributed by atoms with Crippen LogP contribution in [0.25, 0.3) is 0 Å². The molecule has 0 saturated carbocycles. The lowest BCUT2D eigenvalue weighted by molar-refractivity contribution is -0.389. The molecule has 0 saturated heterocycles. The van der Waals surface area contributed by atoms with Gasteiger partial charge in [-0.2, -0.15) is 48.3 Å². The smallest absolute Gasteiger partial charge is 0.322 e. The zero-order chi connectivity index (χ0) is 32.8. The van der Waals surface area contributed by atoms with Crippen LogP contribution in [0.3, 0.4) is 0 Å². The quantitative estimate of drug-likeness (QED) is 0.253. The summed E-state index contributed by atoms with van der Waals surface area (Å²) in [7, 11) is 0. The zero-order valence-corrected chi connectivity index (χ0v) is 22.0. The number of alkyl halides is 12. The summed E-state index contributed by atoms with van der Waals surface area (Å²) in [5.74, 6) is -10.1. The third-order valence-electron chi connectivity index (χ3n) is 5.70. The van der Waals surface area contributed by atoms with Gasteiger partial charge < -0.3 is 10.6 Å². The number of carbonyl (C=O) groups excluding carboxylic acids is 2. The number of hydrogen-bond donors (Lipinski definition) is 2. The van der Waals surface area contributed by atoms with Gasteiger partial charge in [-0.25, -0.2) is 8.78 Å². The van der Waals surface area contributed by atoms with Crippen molar-refractivity contribution in [3.63, 3.8) is 0 Å². The molecule has 0 bridgehead atoms. The van der Waals surface area contributed by atoms with E-state index in [4.69, 9.17) is 0 Å². The summed E-state index contributed by atoms with van der Waals surface area (Å²) in [6, 6.07) is 7.10. The SMILES string of the molecule is O=C(Nc1cccc(C(=O)Nc2c(Br)cc(C(F)(C(F)(F)F)C(F)(F)C(F)(F)F)cc2C(F)(F)F)c1)c1ccc(F)cc1. The Hall–Kier alpha value is -3.83. The van der Waals surface area contributed by atoms with Crippen LogP contribution in [0.5, 0.6) is 0 Å². The first-order chi connectivity index (χ1) is 19.5. The van der Waals surface area contributed by atoms with Gasteiger partial charge in [0.1, 0.15) is 5.82 Å². The molecule has 0 fully saturated rings. The van der Waals surface area contributed by atoms with Crippen molar-refractivity contribution in [1.82, 2.24) is 0 Å². The molecular formula is C25H12BrF13N2O2. The predicted molar refractivity (Wildman–Crippen MR) is 128 cm³/mol. The lowest BCUT2D eigenvalue weighted by Gasteiger charge is -2.36. The largest absolute Gasteiger partial charge is 0.457 e. The number of rotatable bonds is 6. The summed E-state index contributed by atoms with van der Waals surface area (Å²) in [5.41, 5.74) is -13.9. The standard InChI is InChI=1S/C25H12BrF13N2O2/c26-17-10-13(21(28,24(34,35)36)23(32,33)25(37,38)39)9-16(22(29,30)31)18(17)41-20(43)12-2-1-3-15(8-12)40-19(42)11-4-6-14(27)7-5-11/h1-10H,(H,40,42)(H,41,43). The maximum atomic E-state index is 14.9. The minimum absolute atomic E-state index is 0.0333. The Balaban J connectivity index is 2.04. The van der Waals surface area contributed by atoms with Gasteiger partial charge in [0.2, 0.25) is 0 Å². The highest BCUT2D eigenvalue weighted by Gasteiger charge is 2.82. The van der Waals surface area contributed by atoms with E-state index in [9.17, 15) is 66.7 Å². The van der Waals surface area contributed by atoms with Crippen LogP contribution in [0.2, 0.25) is 0 Å². The molecule has 18 heteroatoms. The number of nitrogens with one attached hydrogen (secondary N) is 2. The van der Waals surface area contributed by atoms with Crippen molar-refractivity contribution in [2.45, 2.75) is 30.1 Å². The summed E-state index contributed by atoms with van der Waals surface area (Å²) in [6.07, 6.45) is -20.1. The summed E-state index contributed by atoms with van der Waals surface area (Å²) in [5, 5.41) is 3.94. The van der Waals surface area contributed by atoms with Gasteiger partial charge in [0, 0.05) is 26.9 Å². The molecule has 3 rings (SSSR count). The van der Waals surface area contributed by atoms with Crippen LogP contribution >= 0.6 is 15.9 Å². The lowest BCUT2D eigenvalue weighted by atomic mass is 9.86. The Morgan fingerprint density at radius 1 is 0.651 bits per heavy atom. The van der Waals surface area contributed by atoms with E-state index in [0.29, 0.717) is 0 Å². The summed E-state index contributed by atoms with van der Waals surface area (Å²) < 4.78 is 174. The van der Waals surface area contributed by atoms with Gasteiger partial charge in [-0.05, 0) is 70.5 Å². The Morgan fingerprint density at radius 2 is 1.21 bits per heavy atom. The predicted octanol–water partition coefficient (Wildman–Crippen LogP) is 9.04. The van der Waals surface area contributed by atoms with Crippen molar-refractivity contribution in [1.29, 1.82) is 0 Å². The third kappa shape index (κ3) is 6.57. The molecule has 232 valence electrons. The molecule has 0 aliphatic rings. The van der Waals surface area contributed by atoms with E-state index in [0.717, 1.165) is 42.5 Å². The summed E-state index contributed by atoms with van der Waals surface area (Å²) in [6.45, 7) is 0. The first kappa shape index (κ1) is 33.7. The molecule has 0 aliphatic carbocycles. The fourth-order valence-corrected chi connectivity index (χ4v) is 4.16. The van der Waals surface area contributed by atoms with Crippen molar-refractivity contribution >= 4 is 39.1 Å². The third-order valence-corrected chi connectivity index (χ3v) is 6.33. The van der Waals surface area contributed by atoms with Crippen molar-refractivity contribution in [2.75, 3.05) is 10.6 Å². The van der Waals surface area contributed by atoms with Crippen molar-refractivity contribution in [3.05, 3.63) is 93.2 Å². The van der Waals surface area contributed by atoms with Crippen LogP contribution in [0.4, 0.5) is 68.5 Å². The Morgan fingerprint density at radius 3 is 1.72 bits per heavy atom. The molecule has 0 aliphatic heterocycles. The van der Waals surface area contributed by atoms with Crippen LogP contribution in [0.15, 0.2) is 65.1 Å². The minimum atomic E-state index is -7.25. The van der Waals surface area contributed by atoms with Gasteiger partial charge in [-0.1, -0.05) is 6.07 Å². The number of benzene rings is 3. The molecule has 3 aromatic rings. The molecular weight excluding hydrogens is 687 g/mol. The molecule has 2 N–H and O–H groups in total. The van der Waals surface area contributed by atoms with Gasteiger partial charge in [0.15, 0.2) is 0 Å². The van der Waals surface area contributed by atoms with Gasteiger partial charge in [-0.15, -0.1) is 0 Å². The van der Waals surface area contributed by atoms with E-state index in [2.05, 4.69) is 21.2 Å². The highest BCUT2D eigenvalue weighted by molar-refractivity contribution is 9.10. The van der Waals surface area contributed by atoms with Crippen LogP contribution in [0, 0.1) is 5.82 Å². The monoisotopic (exact) mass is 698 g/mol. The number of amides is 2. The second-order valence-corrected chi connectivity index (χ2v) is 9.46. The van der Waals surface area contributed by atoms with Crippen LogP contribution in [0.1, 0.15) is 31.8 Å². The molecule has 0 aromatic heterocycles. The molecule has 0 radical (unpaired) electrons. The maximum Gasteiger partial charge on any atom is 0.457 e. The Bertz CT molecular complexity index is 1530. The van der Waals surface area contributed by atoms with Gasteiger partial charge in [-0.3, -0.25) is 9.59 Å². The Labute approximate surface area is 240 Å². The molecule has 3 aromatic carbocycles. The number of hydrogen-bond acceptors (Lipinski definition) is 2. The zero-order valence-electron chi connectivity index (χ0n) is 20.4. The molecule has 1 atom stereocenters. The Kier molecular flexibility index (Phi) is 8.89. The average molecular weight is 699 g/mol. The molecule has 2 amide bonds. The van der Waals surface area contributed by atoms with E-state index in [-0.39, 0.29) is 11.3 Å². The maximum absolute atomic E-state index is 14.9. The van der Waals surface area contributed by atoms with E-state index in [1.807, 2.05) is 0 Å². The number of carbonyl (C=O) groups is 2. The average Bonchev–Trinajstić information content (AvgIpc) is 2.87. The second-order valence-electron chi connectivity index (χ2n) is 8.60. The summed E-state index contributed by atoms with van der Waals surface area (Å²) >= 11 is 2.29. The number of halogens is 14. The first-order valence-corrected chi connectivity index (χ1v) is 11.9. The van der Waals surface area contributed by atoms with Crippen molar-refractivity contribution < 1.29 is 66.7 Å². The molecule has 0 heterocycles. The van der Waals surface area contributed by atoms with Crippen molar-refractivity contribution in [2.24, 2.45) is 0 Å². The van der Waals surface area contributed by atoms with Crippen LogP contribution < -0.4 is 10.6 Å². The van der Waals surface area contributed by atoms with E-state index >= 15 is 0 Å². The normalized spacial score (nSPS) is 14.2. The molecule has 43 heavy (non-hydrogen) atoms. The van der Waals surface area contributed by atoms with Crippen LogP contribution in [-0.4, -0.2) is 30.1 Å².